The van der Waals surface area contributed by atoms with Crippen LogP contribution in [0.3, 0.4) is 0 Å². The lowest BCUT2D eigenvalue weighted by Crippen LogP contribution is -2.49. The first-order chi connectivity index (χ1) is 9.38. The van der Waals surface area contributed by atoms with Gasteiger partial charge in [0.05, 0.1) is 6.42 Å². The van der Waals surface area contributed by atoms with E-state index < -0.39 is 30.4 Å². The van der Waals surface area contributed by atoms with Crippen molar-refractivity contribution in [1.29, 1.82) is 0 Å². The van der Waals surface area contributed by atoms with E-state index in [1.165, 1.54) is 0 Å². The number of rotatable bonds is 7. The van der Waals surface area contributed by atoms with E-state index in [4.69, 9.17) is 10.8 Å². The standard InChI is InChI=1S/C13H23N3O4/c1-2-13(5-3-4-6-13)8-15-12(20)16-9(11(18)19)7-10(14)17/h9H,2-8H2,1H3,(H2,14,17)(H,18,19)(H2,15,16,20)/t9-/m1/s1. The number of carboxylic acid groups (broad SMARTS) is 1. The molecular formula is C13H23N3O4. The van der Waals surface area contributed by atoms with Gasteiger partial charge in [0.1, 0.15) is 6.04 Å². The molecule has 114 valence electrons. The normalized spacial score (nSPS) is 18.2. The van der Waals surface area contributed by atoms with Crippen LogP contribution in [0.1, 0.15) is 45.4 Å². The molecule has 0 saturated heterocycles. The van der Waals surface area contributed by atoms with Crippen molar-refractivity contribution in [2.45, 2.75) is 51.5 Å². The number of amides is 3. The topological polar surface area (TPSA) is 122 Å². The van der Waals surface area contributed by atoms with Crippen LogP contribution in [0.15, 0.2) is 0 Å². The van der Waals surface area contributed by atoms with Gasteiger partial charge in [-0.1, -0.05) is 19.8 Å². The Morgan fingerprint density at radius 1 is 1.30 bits per heavy atom. The number of carbonyl (C=O) groups is 3. The van der Waals surface area contributed by atoms with Gasteiger partial charge in [-0.25, -0.2) is 9.59 Å². The van der Waals surface area contributed by atoms with E-state index in [0.29, 0.717) is 6.54 Å². The van der Waals surface area contributed by atoms with Crippen molar-refractivity contribution >= 4 is 17.9 Å². The number of nitrogens with two attached hydrogens (primary N) is 1. The van der Waals surface area contributed by atoms with E-state index in [9.17, 15) is 14.4 Å². The molecule has 20 heavy (non-hydrogen) atoms. The number of aliphatic carboxylic acids is 1. The SMILES string of the molecule is CCC1(CNC(=O)N[C@H](CC(N)=O)C(=O)O)CCCC1. The molecule has 0 aromatic heterocycles. The summed E-state index contributed by atoms with van der Waals surface area (Å²) in [6.45, 7) is 2.62. The molecule has 1 aliphatic carbocycles. The molecular weight excluding hydrogens is 262 g/mol. The first-order valence-electron chi connectivity index (χ1n) is 6.94. The van der Waals surface area contributed by atoms with Crippen molar-refractivity contribution in [2.24, 2.45) is 11.1 Å². The molecule has 0 aliphatic heterocycles. The molecule has 0 heterocycles. The third-order valence-corrected chi connectivity index (χ3v) is 4.05. The Bertz CT molecular complexity index is 378. The van der Waals surface area contributed by atoms with Crippen LogP contribution in [-0.4, -0.2) is 35.6 Å². The minimum absolute atomic E-state index is 0.125. The van der Waals surface area contributed by atoms with Gasteiger partial charge in [0.15, 0.2) is 0 Å². The molecule has 1 saturated carbocycles. The number of primary amides is 1. The molecule has 0 aromatic rings. The van der Waals surface area contributed by atoms with Gasteiger partial charge in [0, 0.05) is 6.54 Å². The first-order valence-corrected chi connectivity index (χ1v) is 6.94. The van der Waals surface area contributed by atoms with Gasteiger partial charge < -0.3 is 21.5 Å². The quantitative estimate of drug-likeness (QED) is 0.546. The highest BCUT2D eigenvalue weighted by molar-refractivity contribution is 5.87. The van der Waals surface area contributed by atoms with Crippen molar-refractivity contribution < 1.29 is 19.5 Å². The minimum atomic E-state index is -1.28. The molecule has 7 heteroatoms. The Morgan fingerprint density at radius 3 is 2.35 bits per heavy atom. The summed E-state index contributed by atoms with van der Waals surface area (Å²) in [7, 11) is 0. The second-order valence-electron chi connectivity index (χ2n) is 5.45. The average molecular weight is 285 g/mol. The third-order valence-electron chi connectivity index (χ3n) is 4.05. The molecule has 1 atom stereocenters. The number of carbonyl (C=O) groups excluding carboxylic acids is 2. The zero-order chi connectivity index (χ0) is 15.2. The van der Waals surface area contributed by atoms with E-state index in [2.05, 4.69) is 17.6 Å². The van der Waals surface area contributed by atoms with E-state index in [1.54, 1.807) is 0 Å². The third kappa shape index (κ3) is 4.71. The predicted molar refractivity (Wildman–Crippen MR) is 73.0 cm³/mol. The van der Waals surface area contributed by atoms with Gasteiger partial charge in [0.2, 0.25) is 5.91 Å². The zero-order valence-corrected chi connectivity index (χ0v) is 11.8. The minimum Gasteiger partial charge on any atom is -0.480 e. The van der Waals surface area contributed by atoms with Crippen LogP contribution in [0.25, 0.3) is 0 Å². The first kappa shape index (κ1) is 16.3. The summed E-state index contributed by atoms with van der Waals surface area (Å²) >= 11 is 0. The lowest BCUT2D eigenvalue weighted by molar-refractivity contribution is -0.140. The Labute approximate surface area is 118 Å². The number of hydrogen-bond donors (Lipinski definition) is 4. The molecule has 0 unspecified atom stereocenters. The Hall–Kier alpha value is -1.79. The lowest BCUT2D eigenvalue weighted by atomic mass is 9.83. The largest absolute Gasteiger partial charge is 0.480 e. The van der Waals surface area contributed by atoms with Crippen LogP contribution in [-0.2, 0) is 9.59 Å². The van der Waals surface area contributed by atoms with Crippen molar-refractivity contribution in [2.75, 3.05) is 6.54 Å². The average Bonchev–Trinajstić information content (AvgIpc) is 2.84. The molecule has 1 fully saturated rings. The predicted octanol–water partition coefficient (Wildman–Crippen LogP) is 0.585. The highest BCUT2D eigenvalue weighted by atomic mass is 16.4. The van der Waals surface area contributed by atoms with E-state index in [1.807, 2.05) is 0 Å². The summed E-state index contributed by atoms with van der Waals surface area (Å²) in [5, 5.41) is 13.9. The molecule has 5 N–H and O–H groups in total. The van der Waals surface area contributed by atoms with Gasteiger partial charge in [-0.05, 0) is 24.7 Å². The van der Waals surface area contributed by atoms with Crippen LogP contribution in [0.5, 0.6) is 0 Å². The molecule has 0 bridgehead atoms. The zero-order valence-electron chi connectivity index (χ0n) is 11.8. The molecule has 1 rings (SSSR count). The second-order valence-corrected chi connectivity index (χ2v) is 5.45. The van der Waals surface area contributed by atoms with E-state index in [0.717, 1.165) is 32.1 Å². The fraction of sp³-hybridized carbons (Fsp3) is 0.769. The van der Waals surface area contributed by atoms with E-state index >= 15 is 0 Å². The summed E-state index contributed by atoms with van der Waals surface area (Å²) in [6.07, 6.45) is 5.05. The maximum absolute atomic E-state index is 11.7. The number of nitrogens with one attached hydrogen (secondary N) is 2. The summed E-state index contributed by atoms with van der Waals surface area (Å²) in [6, 6.07) is -1.85. The van der Waals surface area contributed by atoms with E-state index in [-0.39, 0.29) is 5.41 Å². The Balaban J connectivity index is 2.45. The van der Waals surface area contributed by atoms with Gasteiger partial charge in [-0.2, -0.15) is 0 Å². The lowest BCUT2D eigenvalue weighted by Gasteiger charge is -2.28. The number of hydrogen-bond acceptors (Lipinski definition) is 3. The fourth-order valence-corrected chi connectivity index (χ4v) is 2.66. The Morgan fingerprint density at radius 2 is 1.90 bits per heavy atom. The van der Waals surface area contributed by atoms with Gasteiger partial charge in [-0.15, -0.1) is 0 Å². The number of carboxylic acids is 1. The van der Waals surface area contributed by atoms with Crippen LogP contribution in [0.4, 0.5) is 4.79 Å². The summed E-state index contributed by atoms with van der Waals surface area (Å²) < 4.78 is 0. The van der Waals surface area contributed by atoms with Gasteiger partial charge in [-0.3, -0.25) is 4.79 Å². The number of urea groups is 1. The molecule has 3 amide bonds. The highest BCUT2D eigenvalue weighted by Gasteiger charge is 2.32. The summed E-state index contributed by atoms with van der Waals surface area (Å²) in [5.74, 6) is -2.04. The molecule has 1 aliphatic rings. The van der Waals surface area contributed by atoms with Crippen LogP contribution < -0.4 is 16.4 Å². The second kappa shape index (κ2) is 7.12. The van der Waals surface area contributed by atoms with Crippen molar-refractivity contribution in [3.8, 4) is 0 Å². The molecule has 7 nitrogen and oxygen atoms in total. The van der Waals surface area contributed by atoms with Crippen LogP contribution in [0, 0.1) is 5.41 Å². The van der Waals surface area contributed by atoms with Crippen molar-refractivity contribution in [3.63, 3.8) is 0 Å². The van der Waals surface area contributed by atoms with Crippen LogP contribution >= 0.6 is 0 Å². The maximum Gasteiger partial charge on any atom is 0.326 e. The summed E-state index contributed by atoms with van der Waals surface area (Å²) in [5.41, 5.74) is 5.07. The highest BCUT2D eigenvalue weighted by Crippen LogP contribution is 2.40. The van der Waals surface area contributed by atoms with Crippen LogP contribution in [0.2, 0.25) is 0 Å². The molecule has 0 radical (unpaired) electrons. The molecule has 0 aromatic carbocycles. The fourth-order valence-electron chi connectivity index (χ4n) is 2.66. The van der Waals surface area contributed by atoms with Gasteiger partial charge >= 0.3 is 12.0 Å². The van der Waals surface area contributed by atoms with Gasteiger partial charge in [0.25, 0.3) is 0 Å². The Kier molecular flexibility index (Phi) is 5.79. The molecule has 0 spiro atoms. The summed E-state index contributed by atoms with van der Waals surface area (Å²) in [4.78, 5) is 33.4. The van der Waals surface area contributed by atoms with Crippen molar-refractivity contribution in [1.82, 2.24) is 10.6 Å². The van der Waals surface area contributed by atoms with Crippen molar-refractivity contribution in [3.05, 3.63) is 0 Å². The monoisotopic (exact) mass is 285 g/mol. The maximum atomic E-state index is 11.7. The smallest absolute Gasteiger partial charge is 0.326 e.